The Morgan fingerprint density at radius 1 is 0.422 bits per heavy atom. The summed E-state index contributed by atoms with van der Waals surface area (Å²) in [6.45, 7) is 38.6. The summed E-state index contributed by atoms with van der Waals surface area (Å²) in [4.78, 5) is 23.1. The largest absolute Gasteiger partial charge is 0.294 e. The summed E-state index contributed by atoms with van der Waals surface area (Å²) in [7, 11) is 0. The zero-order chi connectivity index (χ0) is 49.7. The first-order chi connectivity index (χ1) is 31.5. The zero-order valence-corrected chi connectivity index (χ0v) is 45.5. The van der Waals surface area contributed by atoms with Gasteiger partial charge in [0.2, 0.25) is 0 Å². The second-order valence-electron chi connectivity index (χ2n) is 13.7. The molecule has 0 bridgehead atoms. The van der Waals surface area contributed by atoms with Crippen LogP contribution in [0.2, 0.25) is 0 Å². The lowest BCUT2D eigenvalue weighted by Gasteiger charge is -2.23. The van der Waals surface area contributed by atoms with Crippen LogP contribution in [0.15, 0.2) is 103 Å². The average Bonchev–Trinajstić information content (AvgIpc) is 3.41. The molecule has 0 saturated carbocycles. The van der Waals surface area contributed by atoms with Crippen molar-refractivity contribution in [2.24, 2.45) is 11.8 Å². The van der Waals surface area contributed by atoms with E-state index in [4.69, 9.17) is 0 Å². The predicted octanol–water partition coefficient (Wildman–Crippen LogP) is 19.9. The summed E-state index contributed by atoms with van der Waals surface area (Å²) >= 11 is 0. The number of allylic oxidation sites excluding steroid dienone is 1. The van der Waals surface area contributed by atoms with Crippen LogP contribution in [0.4, 0.5) is 0 Å². The fraction of sp³-hybridized carbons (Fsp3) is 0.548. The summed E-state index contributed by atoms with van der Waals surface area (Å²) < 4.78 is 0. The fourth-order valence-corrected chi connectivity index (χ4v) is 7.52. The number of aryl methyl sites for hydroxylation is 4. The SMILES string of the molecule is CC.CC.CC.CC.CC.CC.CC.CC.CCC1=Cc2ccccc2CC1.CCC1CCc2ccccc2C1.CCC1CCc2ccccc2C1=O.O=C1CCCc2ccccc21. The number of carbonyl (C=O) groups excluding carboxylic acids is 2. The van der Waals surface area contributed by atoms with Gasteiger partial charge in [-0.15, -0.1) is 0 Å². The molecule has 0 aromatic heterocycles. The van der Waals surface area contributed by atoms with Gasteiger partial charge in [-0.25, -0.2) is 0 Å². The van der Waals surface area contributed by atoms with Crippen molar-refractivity contribution in [1.82, 2.24) is 0 Å². The van der Waals surface area contributed by atoms with Gasteiger partial charge in [0.25, 0.3) is 0 Å². The fourth-order valence-electron chi connectivity index (χ4n) is 7.52. The van der Waals surface area contributed by atoms with Gasteiger partial charge in [-0.05, 0) is 110 Å². The van der Waals surface area contributed by atoms with Crippen LogP contribution in [0.1, 0.15) is 237 Å². The third kappa shape index (κ3) is 24.9. The number of benzene rings is 4. The van der Waals surface area contributed by atoms with Crippen LogP contribution >= 0.6 is 0 Å². The standard InChI is InChI=1S/C12H14O.C12H16.C12H14.C10H10O.8C2H6/c1-2-9-7-8-10-5-3-4-6-11(10)12(9)13;2*1-2-10-7-8-11-5-3-4-6-12(11)9-10;11-10-7-3-5-8-4-1-2-6-9(8)10;8*1-2/h3-6,9H,2,7-8H2,1H3;3-6,10H,2,7-9H2,1H3;3-6,9H,2,7-8H2,1H3;1-2,4,6H,3,5,7H2;8*1-2H3. The highest BCUT2D eigenvalue weighted by molar-refractivity contribution is 6.00. The van der Waals surface area contributed by atoms with Crippen molar-refractivity contribution in [3.8, 4) is 0 Å². The molecule has 2 atom stereocenters. The van der Waals surface area contributed by atoms with Crippen LogP contribution in [0, 0.1) is 11.8 Å². The molecule has 4 aromatic carbocycles. The van der Waals surface area contributed by atoms with Crippen molar-refractivity contribution in [3.63, 3.8) is 0 Å². The van der Waals surface area contributed by atoms with Gasteiger partial charge in [0.1, 0.15) is 0 Å². The topological polar surface area (TPSA) is 34.1 Å². The molecule has 4 aliphatic rings. The summed E-state index contributed by atoms with van der Waals surface area (Å²) in [6.07, 6.45) is 17.3. The quantitative estimate of drug-likeness (QED) is 0.205. The van der Waals surface area contributed by atoms with E-state index in [0.717, 1.165) is 55.6 Å². The number of Topliss-reactive ketones (excluding diaryl/α,β-unsaturated/α-hetero) is 2. The van der Waals surface area contributed by atoms with E-state index in [1.807, 2.05) is 153 Å². The molecule has 0 saturated heterocycles. The molecule has 362 valence electrons. The van der Waals surface area contributed by atoms with E-state index in [9.17, 15) is 9.59 Å². The van der Waals surface area contributed by atoms with Gasteiger partial charge < -0.3 is 0 Å². The van der Waals surface area contributed by atoms with Gasteiger partial charge in [-0.3, -0.25) is 9.59 Å². The Morgan fingerprint density at radius 2 is 0.875 bits per heavy atom. The van der Waals surface area contributed by atoms with Gasteiger partial charge in [0, 0.05) is 23.5 Å². The molecule has 0 spiro atoms. The molecule has 8 rings (SSSR count). The highest BCUT2D eigenvalue weighted by Gasteiger charge is 2.25. The van der Waals surface area contributed by atoms with Gasteiger partial charge in [-0.1, -0.05) is 247 Å². The molecule has 2 unspecified atom stereocenters. The van der Waals surface area contributed by atoms with E-state index >= 15 is 0 Å². The predicted molar refractivity (Wildman–Crippen MR) is 293 cm³/mol. The highest BCUT2D eigenvalue weighted by Crippen LogP contribution is 2.28. The highest BCUT2D eigenvalue weighted by atomic mass is 16.1. The molecule has 4 aromatic rings. The zero-order valence-electron chi connectivity index (χ0n) is 45.5. The molecule has 2 heteroatoms. The van der Waals surface area contributed by atoms with Crippen molar-refractivity contribution in [1.29, 1.82) is 0 Å². The summed E-state index contributed by atoms with van der Waals surface area (Å²) in [5, 5.41) is 0. The molecule has 0 N–H and O–H groups in total. The number of hydrogen-bond donors (Lipinski definition) is 0. The Kier molecular flexibility index (Phi) is 48.8. The maximum atomic E-state index is 11.8. The lowest BCUT2D eigenvalue weighted by atomic mass is 9.81. The third-order valence-electron chi connectivity index (χ3n) is 10.7. The molecule has 4 aliphatic carbocycles. The van der Waals surface area contributed by atoms with Gasteiger partial charge in [-0.2, -0.15) is 0 Å². The maximum Gasteiger partial charge on any atom is 0.166 e. The first-order valence-electron chi connectivity index (χ1n) is 26.6. The molecular weight excluding hydrogens is 777 g/mol. The van der Waals surface area contributed by atoms with Crippen molar-refractivity contribution in [3.05, 3.63) is 147 Å². The summed E-state index contributed by atoms with van der Waals surface area (Å²) in [5.41, 5.74) is 12.1. The molecule has 2 nitrogen and oxygen atoms in total. The minimum atomic E-state index is 0.273. The number of ketones is 2. The van der Waals surface area contributed by atoms with Crippen molar-refractivity contribution >= 4 is 17.6 Å². The van der Waals surface area contributed by atoms with Crippen molar-refractivity contribution < 1.29 is 9.59 Å². The molecule has 0 radical (unpaired) electrons. The molecule has 0 heterocycles. The molecular formula is C62H102O2. The van der Waals surface area contributed by atoms with E-state index in [0.29, 0.717) is 11.6 Å². The number of hydrogen-bond acceptors (Lipinski definition) is 2. The van der Waals surface area contributed by atoms with Crippen LogP contribution < -0.4 is 0 Å². The molecule has 0 aliphatic heterocycles. The van der Waals surface area contributed by atoms with Crippen LogP contribution in [-0.4, -0.2) is 11.6 Å². The van der Waals surface area contributed by atoms with Crippen LogP contribution in [0.3, 0.4) is 0 Å². The summed E-state index contributed by atoms with van der Waals surface area (Å²) in [6, 6.07) is 33.5. The van der Waals surface area contributed by atoms with E-state index < -0.39 is 0 Å². The Morgan fingerprint density at radius 3 is 1.39 bits per heavy atom. The number of fused-ring (bicyclic) bond motifs is 4. The van der Waals surface area contributed by atoms with E-state index in [2.05, 4.69) is 81.4 Å². The Hall–Kier alpha value is -4.04. The number of carbonyl (C=O) groups is 2. The lowest BCUT2D eigenvalue weighted by molar-refractivity contribution is 0.0898. The molecule has 0 fully saturated rings. The Bertz CT molecular complexity index is 1690. The van der Waals surface area contributed by atoms with E-state index in [-0.39, 0.29) is 5.92 Å². The van der Waals surface area contributed by atoms with E-state index in [1.54, 1.807) is 16.7 Å². The Labute approximate surface area is 399 Å². The van der Waals surface area contributed by atoms with Gasteiger partial charge in [0.15, 0.2) is 11.6 Å². The first-order valence-corrected chi connectivity index (χ1v) is 26.6. The normalized spacial score (nSPS) is 14.8. The molecule has 64 heavy (non-hydrogen) atoms. The minimum absolute atomic E-state index is 0.273. The van der Waals surface area contributed by atoms with Gasteiger partial charge in [0.05, 0.1) is 0 Å². The smallest absolute Gasteiger partial charge is 0.166 e. The monoisotopic (exact) mass is 879 g/mol. The van der Waals surface area contributed by atoms with Crippen LogP contribution in [0.5, 0.6) is 0 Å². The third-order valence-corrected chi connectivity index (χ3v) is 10.7. The summed E-state index contributed by atoms with van der Waals surface area (Å²) in [5.74, 6) is 1.88. The maximum absolute atomic E-state index is 11.8. The van der Waals surface area contributed by atoms with Crippen LogP contribution in [0.25, 0.3) is 6.08 Å². The Balaban J connectivity index is -0.000000339. The average molecular weight is 879 g/mol. The van der Waals surface area contributed by atoms with Gasteiger partial charge >= 0.3 is 0 Å². The van der Waals surface area contributed by atoms with Crippen molar-refractivity contribution in [2.45, 2.75) is 215 Å². The number of rotatable bonds is 3. The first kappa shape index (κ1) is 66.6. The van der Waals surface area contributed by atoms with Crippen molar-refractivity contribution in [2.75, 3.05) is 0 Å². The minimum Gasteiger partial charge on any atom is -0.294 e. The van der Waals surface area contributed by atoms with Crippen LogP contribution in [-0.2, 0) is 32.1 Å². The second kappa shape index (κ2) is 46.9. The lowest BCUT2D eigenvalue weighted by Crippen LogP contribution is -2.21. The second-order valence-corrected chi connectivity index (χ2v) is 13.7. The molecule has 0 amide bonds. The van der Waals surface area contributed by atoms with E-state index in [1.165, 1.54) is 67.2 Å².